The average molecular weight is 212 g/mol. The molecule has 0 saturated carbocycles. The van der Waals surface area contributed by atoms with E-state index in [1.54, 1.807) is 11.3 Å². The van der Waals surface area contributed by atoms with E-state index >= 15 is 0 Å². The molecule has 14 heavy (non-hydrogen) atoms. The first-order valence-corrected chi connectivity index (χ1v) is 6.00. The molecule has 0 radical (unpaired) electrons. The third-order valence-electron chi connectivity index (χ3n) is 2.64. The number of rotatable bonds is 4. The van der Waals surface area contributed by atoms with Crippen molar-refractivity contribution in [1.29, 1.82) is 0 Å². The van der Waals surface area contributed by atoms with Crippen molar-refractivity contribution < 1.29 is 4.74 Å². The van der Waals surface area contributed by atoms with Crippen LogP contribution in [0.4, 0.5) is 0 Å². The van der Waals surface area contributed by atoms with Crippen molar-refractivity contribution in [2.45, 2.75) is 37.8 Å². The molecule has 1 aromatic rings. The van der Waals surface area contributed by atoms with Crippen LogP contribution in [0.1, 0.15) is 36.6 Å². The molecule has 0 aliphatic carbocycles. The van der Waals surface area contributed by atoms with Crippen LogP contribution in [0.25, 0.3) is 0 Å². The number of nitrogens with two attached hydrogens (primary N) is 1. The molecule has 1 fully saturated rings. The van der Waals surface area contributed by atoms with Gasteiger partial charge in [0.15, 0.2) is 0 Å². The molecule has 1 aromatic heterocycles. The van der Waals surface area contributed by atoms with E-state index in [1.165, 1.54) is 17.7 Å². The molecule has 4 heteroatoms. The summed E-state index contributed by atoms with van der Waals surface area (Å²) < 4.78 is 5.55. The summed E-state index contributed by atoms with van der Waals surface area (Å²) in [6, 6.07) is 0.145. The smallest absolute Gasteiger partial charge is 0.0794 e. The zero-order valence-electron chi connectivity index (χ0n) is 8.19. The maximum atomic E-state index is 6.03. The summed E-state index contributed by atoms with van der Waals surface area (Å²) in [4.78, 5) is 5.21. The lowest BCUT2D eigenvalue weighted by atomic mass is 10.1. The highest BCUT2D eigenvalue weighted by Gasteiger charge is 2.17. The standard InChI is InChI=1S/C10H16N2OS/c11-9(10-6-12-7-14-10)4-3-8-2-1-5-13-8/h6-9H,1-5,11H2. The average Bonchev–Trinajstić information content (AvgIpc) is 2.87. The Morgan fingerprint density at radius 2 is 2.64 bits per heavy atom. The molecule has 2 unspecified atom stereocenters. The predicted molar refractivity (Wildman–Crippen MR) is 57.3 cm³/mol. The van der Waals surface area contributed by atoms with Crippen LogP contribution in [-0.4, -0.2) is 17.7 Å². The SMILES string of the molecule is NC(CCC1CCCO1)c1cncs1. The molecule has 78 valence electrons. The Kier molecular flexibility index (Phi) is 3.50. The van der Waals surface area contributed by atoms with Gasteiger partial charge in [0.2, 0.25) is 0 Å². The van der Waals surface area contributed by atoms with E-state index in [0.29, 0.717) is 6.10 Å². The molecule has 0 bridgehead atoms. The molecule has 2 rings (SSSR count). The van der Waals surface area contributed by atoms with Gasteiger partial charge in [-0.2, -0.15) is 0 Å². The van der Waals surface area contributed by atoms with E-state index in [2.05, 4.69) is 4.98 Å². The minimum Gasteiger partial charge on any atom is -0.378 e. The summed E-state index contributed by atoms with van der Waals surface area (Å²) in [7, 11) is 0. The molecule has 3 nitrogen and oxygen atoms in total. The second-order valence-corrected chi connectivity index (χ2v) is 4.64. The molecule has 2 N–H and O–H groups in total. The van der Waals surface area contributed by atoms with E-state index in [9.17, 15) is 0 Å². The van der Waals surface area contributed by atoms with Crippen LogP contribution in [-0.2, 0) is 4.74 Å². The zero-order valence-corrected chi connectivity index (χ0v) is 9.00. The Bertz CT molecular complexity index is 257. The van der Waals surface area contributed by atoms with Crippen LogP contribution in [0.5, 0.6) is 0 Å². The molecule has 0 amide bonds. The van der Waals surface area contributed by atoms with Gasteiger partial charge in [-0.05, 0) is 25.7 Å². The topological polar surface area (TPSA) is 48.1 Å². The van der Waals surface area contributed by atoms with Crippen LogP contribution >= 0.6 is 11.3 Å². The van der Waals surface area contributed by atoms with Gasteiger partial charge in [-0.15, -0.1) is 11.3 Å². The number of aromatic nitrogens is 1. The van der Waals surface area contributed by atoms with Crippen LogP contribution in [0.3, 0.4) is 0 Å². The van der Waals surface area contributed by atoms with E-state index in [4.69, 9.17) is 10.5 Å². The van der Waals surface area contributed by atoms with E-state index in [0.717, 1.165) is 19.4 Å². The quantitative estimate of drug-likeness (QED) is 0.831. The minimum atomic E-state index is 0.145. The molecular formula is C10H16N2OS. The highest BCUT2D eigenvalue weighted by Crippen LogP contribution is 2.23. The molecule has 0 spiro atoms. The zero-order chi connectivity index (χ0) is 9.80. The highest BCUT2D eigenvalue weighted by molar-refractivity contribution is 7.09. The van der Waals surface area contributed by atoms with Crippen molar-refractivity contribution in [1.82, 2.24) is 4.98 Å². The predicted octanol–water partition coefficient (Wildman–Crippen LogP) is 2.10. The van der Waals surface area contributed by atoms with Gasteiger partial charge in [-0.25, -0.2) is 0 Å². The summed E-state index contributed by atoms with van der Waals surface area (Å²) in [6.07, 6.45) is 6.82. The monoisotopic (exact) mass is 212 g/mol. The Morgan fingerprint density at radius 1 is 1.71 bits per heavy atom. The first-order chi connectivity index (χ1) is 6.86. The fourth-order valence-electron chi connectivity index (χ4n) is 1.79. The number of nitrogens with zero attached hydrogens (tertiary/aromatic N) is 1. The van der Waals surface area contributed by atoms with Crippen LogP contribution < -0.4 is 5.73 Å². The Morgan fingerprint density at radius 3 is 3.29 bits per heavy atom. The third-order valence-corrected chi connectivity index (χ3v) is 3.55. The van der Waals surface area contributed by atoms with Gasteiger partial charge in [0, 0.05) is 23.7 Å². The second-order valence-electron chi connectivity index (χ2n) is 3.72. The number of thiazole rings is 1. The lowest BCUT2D eigenvalue weighted by molar-refractivity contribution is 0.101. The normalized spacial score (nSPS) is 23.9. The van der Waals surface area contributed by atoms with Crippen molar-refractivity contribution in [3.8, 4) is 0 Å². The summed E-state index contributed by atoms with van der Waals surface area (Å²) in [5, 5.41) is 0. The Labute approximate surface area is 88.3 Å². The van der Waals surface area contributed by atoms with E-state index in [1.807, 2.05) is 11.7 Å². The molecule has 1 aliphatic rings. The van der Waals surface area contributed by atoms with Crippen LogP contribution in [0.15, 0.2) is 11.7 Å². The fraction of sp³-hybridized carbons (Fsp3) is 0.700. The van der Waals surface area contributed by atoms with Gasteiger partial charge in [0.25, 0.3) is 0 Å². The number of hydrogen-bond acceptors (Lipinski definition) is 4. The number of ether oxygens (including phenoxy) is 1. The summed E-state index contributed by atoms with van der Waals surface area (Å²) >= 11 is 1.64. The lowest BCUT2D eigenvalue weighted by Crippen LogP contribution is -2.13. The van der Waals surface area contributed by atoms with Crippen molar-refractivity contribution >= 4 is 11.3 Å². The molecule has 2 atom stereocenters. The van der Waals surface area contributed by atoms with Gasteiger partial charge in [0.1, 0.15) is 0 Å². The van der Waals surface area contributed by atoms with Crippen molar-refractivity contribution in [2.24, 2.45) is 5.73 Å². The van der Waals surface area contributed by atoms with Crippen molar-refractivity contribution in [3.05, 3.63) is 16.6 Å². The first-order valence-electron chi connectivity index (χ1n) is 5.12. The Hall–Kier alpha value is -0.450. The lowest BCUT2D eigenvalue weighted by Gasteiger charge is -2.12. The molecule has 0 aromatic carbocycles. The fourth-order valence-corrected chi connectivity index (χ4v) is 2.45. The Balaban J connectivity index is 1.74. The van der Waals surface area contributed by atoms with Gasteiger partial charge in [-0.3, -0.25) is 4.98 Å². The molecule has 1 aliphatic heterocycles. The largest absolute Gasteiger partial charge is 0.378 e. The molecule has 2 heterocycles. The summed E-state index contributed by atoms with van der Waals surface area (Å²) in [5.41, 5.74) is 7.87. The maximum absolute atomic E-state index is 6.03. The van der Waals surface area contributed by atoms with Crippen molar-refractivity contribution in [3.63, 3.8) is 0 Å². The maximum Gasteiger partial charge on any atom is 0.0794 e. The van der Waals surface area contributed by atoms with Gasteiger partial charge in [0.05, 0.1) is 11.6 Å². The first kappa shape index (κ1) is 10.1. The third kappa shape index (κ3) is 2.53. The van der Waals surface area contributed by atoms with Crippen LogP contribution in [0, 0.1) is 0 Å². The van der Waals surface area contributed by atoms with Gasteiger partial charge < -0.3 is 10.5 Å². The number of hydrogen-bond donors (Lipinski definition) is 1. The van der Waals surface area contributed by atoms with Crippen LogP contribution in [0.2, 0.25) is 0 Å². The molecular weight excluding hydrogens is 196 g/mol. The second kappa shape index (κ2) is 4.87. The summed E-state index contributed by atoms with van der Waals surface area (Å²) in [5.74, 6) is 0. The minimum absolute atomic E-state index is 0.145. The van der Waals surface area contributed by atoms with E-state index < -0.39 is 0 Å². The molecule has 1 saturated heterocycles. The van der Waals surface area contributed by atoms with Gasteiger partial charge in [-0.1, -0.05) is 0 Å². The van der Waals surface area contributed by atoms with Gasteiger partial charge >= 0.3 is 0 Å². The van der Waals surface area contributed by atoms with Crippen molar-refractivity contribution in [2.75, 3.05) is 6.61 Å². The highest BCUT2D eigenvalue weighted by atomic mass is 32.1. The summed E-state index contributed by atoms with van der Waals surface area (Å²) in [6.45, 7) is 0.931. The van der Waals surface area contributed by atoms with E-state index in [-0.39, 0.29) is 6.04 Å².